The van der Waals surface area contributed by atoms with E-state index in [-0.39, 0.29) is 34.2 Å². The lowest BCUT2D eigenvalue weighted by Crippen LogP contribution is -2.28. The van der Waals surface area contributed by atoms with E-state index in [1.54, 1.807) is 19.2 Å². The van der Waals surface area contributed by atoms with Crippen molar-refractivity contribution in [2.45, 2.75) is 53.4 Å². The Balaban J connectivity index is 0.000000432. The van der Waals surface area contributed by atoms with Crippen molar-refractivity contribution in [1.29, 1.82) is 0 Å². The predicted molar refractivity (Wildman–Crippen MR) is 158 cm³/mol. The first-order valence-corrected chi connectivity index (χ1v) is 12.6. The van der Waals surface area contributed by atoms with Gasteiger partial charge in [-0.05, 0) is 54.2 Å². The molecule has 0 radical (unpaired) electrons. The number of benzene rings is 1. The van der Waals surface area contributed by atoms with E-state index in [0.717, 1.165) is 23.9 Å². The standard InChI is InChI=1S/C22H25N5O2.C8H11NO2/c1-5-14-6-11-17(24-12-14)27(16-9-7-15(8-10-16)22(2,3)4)21(29)18-19(28)20(23)26-13-25-18;1-4-7(11)8(6(3)10)9-5-2/h6-13,28H,5H2,1-4H3,(H2,23,25,26);4-5,11H,1H2,2-3H3/b;8-7+,9-5?. The number of hydrogen-bond acceptors (Lipinski definition) is 9. The molecule has 0 atom stereocenters. The van der Waals surface area contributed by atoms with Crippen LogP contribution in [0.2, 0.25) is 0 Å². The molecule has 40 heavy (non-hydrogen) atoms. The largest absolute Gasteiger partial charge is 0.506 e. The van der Waals surface area contributed by atoms with Crippen LogP contribution in [0.5, 0.6) is 5.75 Å². The van der Waals surface area contributed by atoms with Crippen LogP contribution in [-0.4, -0.2) is 43.1 Å². The normalized spacial score (nSPS) is 11.8. The number of aromatic nitrogens is 3. The molecule has 0 spiro atoms. The van der Waals surface area contributed by atoms with Gasteiger partial charge in [0.25, 0.3) is 5.91 Å². The predicted octanol–water partition coefficient (Wildman–Crippen LogP) is 5.62. The molecule has 1 amide bonds. The number of rotatable bonds is 7. The van der Waals surface area contributed by atoms with Crippen molar-refractivity contribution in [3.63, 3.8) is 0 Å². The number of amides is 1. The molecule has 0 aliphatic rings. The third-order valence-corrected chi connectivity index (χ3v) is 5.72. The fourth-order valence-corrected chi connectivity index (χ4v) is 3.44. The molecule has 3 rings (SSSR count). The summed E-state index contributed by atoms with van der Waals surface area (Å²) in [4.78, 5) is 41.3. The molecule has 2 heterocycles. The van der Waals surface area contributed by atoms with Crippen LogP contribution in [0.15, 0.2) is 78.0 Å². The number of aryl methyl sites for hydroxylation is 1. The Morgan fingerprint density at radius 3 is 2.23 bits per heavy atom. The molecule has 0 unspecified atom stereocenters. The minimum absolute atomic E-state index is 0.0201. The van der Waals surface area contributed by atoms with Gasteiger partial charge in [-0.3, -0.25) is 19.5 Å². The highest BCUT2D eigenvalue weighted by molar-refractivity contribution is 6.11. The molecule has 0 saturated carbocycles. The van der Waals surface area contributed by atoms with E-state index in [1.807, 2.05) is 37.3 Å². The van der Waals surface area contributed by atoms with E-state index in [0.29, 0.717) is 11.5 Å². The van der Waals surface area contributed by atoms with Gasteiger partial charge in [0.05, 0.1) is 5.69 Å². The molecule has 210 valence electrons. The number of carbonyl (C=O) groups is 2. The number of anilines is 3. The van der Waals surface area contributed by atoms with Crippen molar-refractivity contribution in [1.82, 2.24) is 15.0 Å². The van der Waals surface area contributed by atoms with Gasteiger partial charge in [0.2, 0.25) is 0 Å². The third-order valence-electron chi connectivity index (χ3n) is 5.72. The molecule has 3 aromatic rings. The van der Waals surface area contributed by atoms with Crippen molar-refractivity contribution in [2.24, 2.45) is 4.99 Å². The van der Waals surface area contributed by atoms with Gasteiger partial charge < -0.3 is 15.9 Å². The van der Waals surface area contributed by atoms with Crippen LogP contribution >= 0.6 is 0 Å². The summed E-state index contributed by atoms with van der Waals surface area (Å²) in [5.41, 5.74) is 8.29. The van der Waals surface area contributed by atoms with E-state index >= 15 is 0 Å². The number of allylic oxidation sites excluding steroid dienone is 2. The lowest BCUT2D eigenvalue weighted by molar-refractivity contribution is -0.113. The highest BCUT2D eigenvalue weighted by Gasteiger charge is 2.26. The van der Waals surface area contributed by atoms with Gasteiger partial charge in [-0.25, -0.2) is 15.0 Å². The number of aliphatic imine (C=N–C) groups is 1. The second kappa shape index (κ2) is 13.8. The molecule has 4 N–H and O–H groups in total. The summed E-state index contributed by atoms with van der Waals surface area (Å²) in [7, 11) is 0. The van der Waals surface area contributed by atoms with Crippen LogP contribution in [-0.2, 0) is 16.6 Å². The molecule has 0 saturated heterocycles. The SMILES string of the molecule is C=C/C(O)=C(\N=CC)C(C)=O.CCc1ccc(N(C(=O)c2ncnc(N)c2O)c2ccc(C(C)(C)C)cc2)nc1. The van der Waals surface area contributed by atoms with Gasteiger partial charge in [-0.2, -0.15) is 0 Å². The molecule has 10 nitrogen and oxygen atoms in total. The maximum absolute atomic E-state index is 13.3. The van der Waals surface area contributed by atoms with Crippen molar-refractivity contribution < 1.29 is 19.8 Å². The van der Waals surface area contributed by atoms with Gasteiger partial charge >= 0.3 is 0 Å². The molecular weight excluding hydrogens is 508 g/mol. The van der Waals surface area contributed by atoms with E-state index in [4.69, 9.17) is 10.8 Å². The first-order chi connectivity index (χ1) is 18.8. The van der Waals surface area contributed by atoms with Crippen LogP contribution in [0.3, 0.4) is 0 Å². The van der Waals surface area contributed by atoms with Gasteiger partial charge in [0.15, 0.2) is 23.0 Å². The first-order valence-electron chi connectivity index (χ1n) is 12.6. The highest BCUT2D eigenvalue weighted by atomic mass is 16.3. The van der Waals surface area contributed by atoms with Crippen molar-refractivity contribution in [3.8, 4) is 5.75 Å². The molecular formula is C30H36N6O4. The average molecular weight is 545 g/mol. The number of nitrogens with two attached hydrogens (primary N) is 1. The maximum Gasteiger partial charge on any atom is 0.286 e. The summed E-state index contributed by atoms with van der Waals surface area (Å²) in [5.74, 6) is -1.18. The number of hydrogen-bond donors (Lipinski definition) is 3. The summed E-state index contributed by atoms with van der Waals surface area (Å²) in [5, 5.41) is 19.3. The molecule has 0 aliphatic heterocycles. The van der Waals surface area contributed by atoms with E-state index in [2.05, 4.69) is 47.3 Å². The van der Waals surface area contributed by atoms with Crippen LogP contribution in [0.25, 0.3) is 0 Å². The van der Waals surface area contributed by atoms with Crippen molar-refractivity contribution >= 4 is 35.2 Å². The van der Waals surface area contributed by atoms with Crippen LogP contribution in [0.1, 0.15) is 63.2 Å². The second-order valence-corrected chi connectivity index (χ2v) is 9.65. The Kier molecular flexibility index (Phi) is 10.8. The number of pyridine rings is 1. The van der Waals surface area contributed by atoms with Crippen molar-refractivity contribution in [2.75, 3.05) is 10.6 Å². The monoisotopic (exact) mass is 544 g/mol. The summed E-state index contributed by atoms with van der Waals surface area (Å²) < 4.78 is 0. The summed E-state index contributed by atoms with van der Waals surface area (Å²) in [6.07, 6.45) is 6.34. The fraction of sp³-hybridized carbons (Fsp3) is 0.267. The smallest absolute Gasteiger partial charge is 0.286 e. The van der Waals surface area contributed by atoms with Gasteiger partial charge in [0.1, 0.15) is 23.6 Å². The average Bonchev–Trinajstić information content (AvgIpc) is 2.93. The van der Waals surface area contributed by atoms with Crippen LogP contribution in [0, 0.1) is 0 Å². The van der Waals surface area contributed by atoms with E-state index < -0.39 is 11.7 Å². The molecule has 2 aromatic heterocycles. The minimum atomic E-state index is -0.545. The third kappa shape index (κ3) is 7.83. The number of carbonyl (C=O) groups excluding carboxylic acids is 2. The number of nitrogens with zero attached hydrogens (tertiary/aromatic N) is 5. The van der Waals surface area contributed by atoms with E-state index in [1.165, 1.54) is 24.1 Å². The molecule has 0 fully saturated rings. The second-order valence-electron chi connectivity index (χ2n) is 9.65. The number of ketones is 1. The Labute approximate surface area is 234 Å². The zero-order chi connectivity index (χ0) is 30.0. The minimum Gasteiger partial charge on any atom is -0.506 e. The molecule has 0 bridgehead atoms. The Morgan fingerprint density at radius 1 is 1.10 bits per heavy atom. The van der Waals surface area contributed by atoms with Gasteiger partial charge in [-0.1, -0.05) is 52.5 Å². The maximum atomic E-state index is 13.3. The topological polar surface area (TPSA) is 155 Å². The Hall–Kier alpha value is -4.86. The highest BCUT2D eigenvalue weighted by Crippen LogP contribution is 2.31. The zero-order valence-corrected chi connectivity index (χ0v) is 23.7. The molecule has 0 aliphatic carbocycles. The quantitative estimate of drug-likeness (QED) is 0.150. The van der Waals surface area contributed by atoms with Gasteiger partial charge in [-0.15, -0.1) is 0 Å². The van der Waals surface area contributed by atoms with Gasteiger partial charge in [0, 0.05) is 19.3 Å². The molecule has 1 aromatic carbocycles. The number of aromatic hydroxyl groups is 1. The summed E-state index contributed by atoms with van der Waals surface area (Å²) >= 11 is 0. The lowest BCUT2D eigenvalue weighted by Gasteiger charge is -2.24. The molecule has 10 heteroatoms. The summed E-state index contributed by atoms with van der Waals surface area (Å²) in [6, 6.07) is 11.4. The first kappa shape index (κ1) is 31.4. The Bertz CT molecular complexity index is 1410. The number of aliphatic hydroxyl groups is 1. The Morgan fingerprint density at radius 2 is 1.75 bits per heavy atom. The van der Waals surface area contributed by atoms with Crippen LogP contribution in [0.4, 0.5) is 17.3 Å². The number of aliphatic hydroxyl groups excluding tert-OH is 1. The fourth-order valence-electron chi connectivity index (χ4n) is 3.44. The van der Waals surface area contributed by atoms with Crippen LogP contribution < -0.4 is 10.6 Å². The lowest BCUT2D eigenvalue weighted by atomic mass is 9.87. The van der Waals surface area contributed by atoms with Crippen molar-refractivity contribution in [3.05, 3.63) is 89.9 Å². The van der Waals surface area contributed by atoms with E-state index in [9.17, 15) is 14.7 Å². The summed E-state index contributed by atoms with van der Waals surface area (Å²) in [6.45, 7) is 14.7. The zero-order valence-electron chi connectivity index (χ0n) is 23.7. The number of nitrogen functional groups attached to an aromatic ring is 1. The number of Topliss-reactive ketones (excluding diaryl/α,β-unsaturated/α-hetero) is 1.